The summed E-state index contributed by atoms with van der Waals surface area (Å²) in [6, 6.07) is 3.40. The lowest BCUT2D eigenvalue weighted by atomic mass is 10.1. The molecule has 154 valence electrons. The number of benzene rings is 1. The molecule has 2 rings (SSSR count). The van der Waals surface area contributed by atoms with Gasteiger partial charge in [-0.3, -0.25) is 19.3 Å². The number of halogens is 1. The minimum absolute atomic E-state index is 0.00199. The molecule has 1 aromatic rings. The van der Waals surface area contributed by atoms with Gasteiger partial charge in [0.05, 0.1) is 18.6 Å². The van der Waals surface area contributed by atoms with E-state index in [0.717, 1.165) is 16.7 Å². The van der Waals surface area contributed by atoms with Gasteiger partial charge in [0.25, 0.3) is 11.1 Å². The second-order valence-electron chi connectivity index (χ2n) is 6.36. The molecule has 0 radical (unpaired) electrons. The van der Waals surface area contributed by atoms with Gasteiger partial charge < -0.3 is 14.2 Å². The molecule has 0 atom stereocenters. The number of carbonyl (C=O) groups is 3. The minimum atomic E-state index is -0.635. The minimum Gasteiger partial charge on any atom is -0.493 e. The molecule has 0 N–H and O–H groups in total. The van der Waals surface area contributed by atoms with Crippen molar-refractivity contribution >= 4 is 50.9 Å². The summed E-state index contributed by atoms with van der Waals surface area (Å²) >= 11 is 4.10. The Morgan fingerprint density at radius 2 is 2.10 bits per heavy atom. The third kappa shape index (κ3) is 6.02. The maximum Gasteiger partial charge on any atom is 0.326 e. The molecule has 0 aliphatic carbocycles. The largest absolute Gasteiger partial charge is 0.493 e. The lowest BCUT2D eigenvalue weighted by Crippen LogP contribution is -2.34. The average molecular weight is 482 g/mol. The fourth-order valence-corrected chi connectivity index (χ4v) is 3.61. The fourth-order valence-electron chi connectivity index (χ4n) is 2.33. The standard InChI is InChI=1S/C20H20BrNO6S/c1-5-6-27-18-13(7-14(21)9-15(18)26-4)8-16-19(24)22(20(25)29-16)10-17(23)28-11-12(2)3/h1,7-9,12H,6,10-11H2,2-4H3/b16-8+. The zero-order valence-electron chi connectivity index (χ0n) is 16.2. The Balaban J connectivity index is 2.28. The Bertz CT molecular complexity index is 890. The number of hydrogen-bond donors (Lipinski definition) is 0. The van der Waals surface area contributed by atoms with Crippen molar-refractivity contribution in [1.82, 2.24) is 4.90 Å². The SMILES string of the molecule is C#CCOc1c(/C=C2/SC(=O)N(CC(=O)OCC(C)C)C2=O)cc(Br)cc1OC. The summed E-state index contributed by atoms with van der Waals surface area (Å²) in [4.78, 5) is 37.8. The van der Waals surface area contributed by atoms with Crippen LogP contribution in [0.4, 0.5) is 4.79 Å². The molecule has 7 nitrogen and oxygen atoms in total. The Morgan fingerprint density at radius 3 is 2.72 bits per heavy atom. The molecule has 9 heteroatoms. The summed E-state index contributed by atoms with van der Waals surface area (Å²) < 4.78 is 16.6. The highest BCUT2D eigenvalue weighted by molar-refractivity contribution is 9.10. The van der Waals surface area contributed by atoms with Crippen LogP contribution < -0.4 is 9.47 Å². The van der Waals surface area contributed by atoms with E-state index in [4.69, 9.17) is 20.6 Å². The van der Waals surface area contributed by atoms with Crippen LogP contribution in [0.25, 0.3) is 6.08 Å². The molecule has 29 heavy (non-hydrogen) atoms. The smallest absolute Gasteiger partial charge is 0.326 e. The van der Waals surface area contributed by atoms with Crippen LogP contribution in [0.15, 0.2) is 21.5 Å². The Morgan fingerprint density at radius 1 is 1.38 bits per heavy atom. The van der Waals surface area contributed by atoms with Gasteiger partial charge in [0.2, 0.25) is 0 Å². The maximum atomic E-state index is 12.7. The Hall–Kier alpha value is -2.44. The van der Waals surface area contributed by atoms with Crippen molar-refractivity contribution < 1.29 is 28.6 Å². The molecular weight excluding hydrogens is 462 g/mol. The van der Waals surface area contributed by atoms with Gasteiger partial charge in [-0.1, -0.05) is 35.7 Å². The van der Waals surface area contributed by atoms with Gasteiger partial charge in [-0.2, -0.15) is 0 Å². The van der Waals surface area contributed by atoms with Gasteiger partial charge in [-0.05, 0) is 35.9 Å². The van der Waals surface area contributed by atoms with Gasteiger partial charge in [0.1, 0.15) is 13.2 Å². The van der Waals surface area contributed by atoms with E-state index in [9.17, 15) is 14.4 Å². The molecule has 1 fully saturated rings. The molecule has 0 saturated carbocycles. The van der Waals surface area contributed by atoms with E-state index in [-0.39, 0.29) is 24.0 Å². The maximum absolute atomic E-state index is 12.7. The third-order valence-electron chi connectivity index (χ3n) is 3.59. The first kappa shape index (κ1) is 22.8. The molecule has 0 unspecified atom stereocenters. The number of hydrogen-bond acceptors (Lipinski definition) is 7. The number of terminal acetylenes is 1. The van der Waals surface area contributed by atoms with Crippen LogP contribution in [0.3, 0.4) is 0 Å². The van der Waals surface area contributed by atoms with Crippen molar-refractivity contribution in [2.75, 3.05) is 26.9 Å². The fraction of sp³-hybridized carbons (Fsp3) is 0.350. The quantitative estimate of drug-likeness (QED) is 0.318. The molecule has 1 saturated heterocycles. The number of ether oxygens (including phenoxy) is 3. The zero-order chi connectivity index (χ0) is 21.6. The number of methoxy groups -OCH3 is 1. The van der Waals surface area contributed by atoms with Crippen molar-refractivity contribution in [3.05, 3.63) is 27.1 Å². The summed E-state index contributed by atoms with van der Waals surface area (Å²) in [7, 11) is 1.48. The monoisotopic (exact) mass is 481 g/mol. The van der Waals surface area contributed by atoms with Crippen molar-refractivity contribution in [1.29, 1.82) is 0 Å². The molecule has 0 bridgehead atoms. The molecule has 1 aromatic carbocycles. The summed E-state index contributed by atoms with van der Waals surface area (Å²) in [5.41, 5.74) is 0.499. The van der Waals surface area contributed by atoms with Crippen LogP contribution in [0, 0.1) is 18.3 Å². The first-order chi connectivity index (χ1) is 13.8. The van der Waals surface area contributed by atoms with E-state index >= 15 is 0 Å². The molecule has 1 heterocycles. The highest BCUT2D eigenvalue weighted by Gasteiger charge is 2.37. The second kappa shape index (κ2) is 10.4. The number of amides is 2. The van der Waals surface area contributed by atoms with Crippen molar-refractivity contribution in [3.63, 3.8) is 0 Å². The van der Waals surface area contributed by atoms with Crippen molar-refractivity contribution in [2.45, 2.75) is 13.8 Å². The normalized spacial score (nSPS) is 15.0. The van der Waals surface area contributed by atoms with Crippen LogP contribution in [-0.2, 0) is 14.3 Å². The van der Waals surface area contributed by atoms with Gasteiger partial charge in [-0.15, -0.1) is 6.42 Å². The molecular formula is C20H20BrNO6S. The topological polar surface area (TPSA) is 82.1 Å². The van der Waals surface area contributed by atoms with Crippen LogP contribution in [0.2, 0.25) is 0 Å². The van der Waals surface area contributed by atoms with Crippen LogP contribution in [0.1, 0.15) is 19.4 Å². The van der Waals surface area contributed by atoms with Crippen LogP contribution in [-0.4, -0.2) is 48.9 Å². The van der Waals surface area contributed by atoms with Crippen molar-refractivity contribution in [3.8, 4) is 23.8 Å². The summed E-state index contributed by atoms with van der Waals surface area (Å²) in [6.45, 7) is 3.57. The molecule has 0 aromatic heterocycles. The van der Waals surface area contributed by atoms with Crippen molar-refractivity contribution in [2.24, 2.45) is 5.92 Å². The summed E-state index contributed by atoms with van der Waals surface area (Å²) in [6.07, 6.45) is 6.77. The first-order valence-electron chi connectivity index (χ1n) is 8.61. The van der Waals surface area contributed by atoms with Gasteiger partial charge in [0.15, 0.2) is 11.5 Å². The van der Waals surface area contributed by atoms with E-state index < -0.39 is 23.7 Å². The van der Waals surface area contributed by atoms with E-state index in [2.05, 4.69) is 21.9 Å². The summed E-state index contributed by atoms with van der Waals surface area (Å²) in [5.74, 6) is 2.07. The van der Waals surface area contributed by atoms with E-state index in [1.165, 1.54) is 13.2 Å². The lowest BCUT2D eigenvalue weighted by Gasteiger charge is -2.13. The van der Waals surface area contributed by atoms with Gasteiger partial charge in [-0.25, -0.2) is 0 Å². The van der Waals surface area contributed by atoms with E-state index in [1.807, 2.05) is 13.8 Å². The predicted octanol–water partition coefficient (Wildman–Crippen LogP) is 3.71. The molecule has 1 aliphatic heterocycles. The number of carbonyl (C=O) groups excluding carboxylic acids is 3. The zero-order valence-corrected chi connectivity index (χ0v) is 18.6. The molecule has 2 amide bonds. The highest BCUT2D eigenvalue weighted by Crippen LogP contribution is 2.39. The Labute approximate surface area is 181 Å². The average Bonchev–Trinajstić information content (AvgIpc) is 2.92. The lowest BCUT2D eigenvalue weighted by molar-refractivity contribution is -0.147. The number of imide groups is 1. The van der Waals surface area contributed by atoms with E-state index in [1.54, 1.807) is 12.1 Å². The number of nitrogens with zero attached hydrogens (tertiary/aromatic N) is 1. The number of rotatable bonds is 8. The predicted molar refractivity (Wildman–Crippen MR) is 113 cm³/mol. The molecule has 0 spiro atoms. The first-order valence-corrected chi connectivity index (χ1v) is 10.2. The summed E-state index contributed by atoms with van der Waals surface area (Å²) in [5, 5.41) is -0.546. The molecule has 1 aliphatic rings. The van der Waals surface area contributed by atoms with Crippen LogP contribution >= 0.6 is 27.7 Å². The number of thioether (sulfide) groups is 1. The Kier molecular flexibility index (Phi) is 8.17. The second-order valence-corrected chi connectivity index (χ2v) is 8.27. The number of esters is 1. The highest BCUT2D eigenvalue weighted by atomic mass is 79.9. The van der Waals surface area contributed by atoms with E-state index in [0.29, 0.717) is 21.5 Å². The van der Waals surface area contributed by atoms with Crippen LogP contribution in [0.5, 0.6) is 11.5 Å². The van der Waals surface area contributed by atoms with Gasteiger partial charge >= 0.3 is 5.97 Å². The van der Waals surface area contributed by atoms with Gasteiger partial charge in [0, 0.05) is 10.0 Å². The third-order valence-corrected chi connectivity index (χ3v) is 4.96.